The Balaban J connectivity index is 2.42. The van der Waals surface area contributed by atoms with E-state index in [0.717, 1.165) is 5.56 Å². The standard InChI is InChI=1S/C14H20N2OS/c1-10-5-7-11(8-6-10)9-15-13(18)16-12(17)14(2,3)4/h5-8H,9H2,1-4H3,(H2,15,16,17,18). The number of nitrogens with one attached hydrogen (secondary N) is 2. The molecule has 1 amide bonds. The monoisotopic (exact) mass is 264 g/mol. The van der Waals surface area contributed by atoms with E-state index < -0.39 is 5.41 Å². The van der Waals surface area contributed by atoms with Crippen molar-refractivity contribution in [2.45, 2.75) is 34.2 Å². The van der Waals surface area contributed by atoms with Crippen molar-refractivity contribution in [1.29, 1.82) is 0 Å². The Labute approximate surface area is 114 Å². The fraction of sp³-hybridized carbons (Fsp3) is 0.429. The number of amides is 1. The smallest absolute Gasteiger partial charge is 0.231 e. The van der Waals surface area contributed by atoms with E-state index in [1.165, 1.54) is 5.56 Å². The van der Waals surface area contributed by atoms with Crippen LogP contribution in [0.25, 0.3) is 0 Å². The molecule has 0 aliphatic carbocycles. The maximum Gasteiger partial charge on any atom is 0.231 e. The van der Waals surface area contributed by atoms with Gasteiger partial charge in [-0.15, -0.1) is 0 Å². The summed E-state index contributed by atoms with van der Waals surface area (Å²) in [6.45, 7) is 8.22. The number of hydrogen-bond acceptors (Lipinski definition) is 2. The molecule has 0 saturated carbocycles. The van der Waals surface area contributed by atoms with Crippen LogP contribution in [0, 0.1) is 12.3 Å². The van der Waals surface area contributed by atoms with E-state index in [0.29, 0.717) is 11.7 Å². The number of rotatable bonds is 2. The molecule has 0 fully saturated rings. The Kier molecular flexibility index (Phi) is 4.84. The summed E-state index contributed by atoms with van der Waals surface area (Å²) < 4.78 is 0. The highest BCUT2D eigenvalue weighted by atomic mass is 32.1. The molecule has 1 rings (SSSR count). The second-order valence-corrected chi connectivity index (χ2v) is 5.78. The molecule has 1 aromatic rings. The van der Waals surface area contributed by atoms with Crippen LogP contribution in [0.1, 0.15) is 31.9 Å². The van der Waals surface area contributed by atoms with Crippen molar-refractivity contribution < 1.29 is 4.79 Å². The SMILES string of the molecule is Cc1ccc(CNC(=S)NC(=O)C(C)(C)C)cc1. The number of hydrogen-bond donors (Lipinski definition) is 2. The Bertz CT molecular complexity index is 432. The van der Waals surface area contributed by atoms with Crippen molar-refractivity contribution in [2.24, 2.45) is 5.41 Å². The highest BCUT2D eigenvalue weighted by Gasteiger charge is 2.21. The summed E-state index contributed by atoms with van der Waals surface area (Å²) in [4.78, 5) is 11.7. The number of carbonyl (C=O) groups excluding carboxylic acids is 1. The van der Waals surface area contributed by atoms with E-state index in [1.54, 1.807) is 0 Å². The Morgan fingerprint density at radius 2 is 1.78 bits per heavy atom. The van der Waals surface area contributed by atoms with Crippen LogP contribution in [-0.2, 0) is 11.3 Å². The van der Waals surface area contributed by atoms with E-state index in [-0.39, 0.29) is 5.91 Å². The topological polar surface area (TPSA) is 41.1 Å². The van der Waals surface area contributed by atoms with Gasteiger partial charge >= 0.3 is 0 Å². The van der Waals surface area contributed by atoms with Crippen LogP contribution in [0.2, 0.25) is 0 Å². The second kappa shape index (κ2) is 5.96. The van der Waals surface area contributed by atoms with Crippen LogP contribution in [0.4, 0.5) is 0 Å². The molecule has 0 bridgehead atoms. The third kappa shape index (κ3) is 4.84. The first-order chi connectivity index (χ1) is 8.29. The Morgan fingerprint density at radius 3 is 2.28 bits per heavy atom. The molecule has 0 atom stereocenters. The third-order valence-electron chi connectivity index (χ3n) is 2.48. The van der Waals surface area contributed by atoms with Crippen molar-refractivity contribution in [1.82, 2.24) is 10.6 Å². The van der Waals surface area contributed by atoms with E-state index in [2.05, 4.69) is 10.6 Å². The maximum absolute atomic E-state index is 11.7. The Hall–Kier alpha value is -1.42. The van der Waals surface area contributed by atoms with Crippen LogP contribution in [0.3, 0.4) is 0 Å². The molecule has 0 spiro atoms. The average Bonchev–Trinajstić information content (AvgIpc) is 2.27. The maximum atomic E-state index is 11.7. The summed E-state index contributed by atoms with van der Waals surface area (Å²) >= 11 is 5.08. The van der Waals surface area contributed by atoms with Crippen LogP contribution in [0.15, 0.2) is 24.3 Å². The van der Waals surface area contributed by atoms with Gasteiger partial charge in [0.25, 0.3) is 0 Å². The van der Waals surface area contributed by atoms with Gasteiger partial charge in [-0.1, -0.05) is 50.6 Å². The number of benzene rings is 1. The van der Waals surface area contributed by atoms with Gasteiger partial charge in [0.1, 0.15) is 0 Å². The molecule has 0 aliphatic rings. The summed E-state index contributed by atoms with van der Waals surface area (Å²) in [5.74, 6) is -0.0797. The molecular formula is C14H20N2OS. The fourth-order valence-electron chi connectivity index (χ4n) is 1.22. The molecule has 0 unspecified atom stereocenters. The average molecular weight is 264 g/mol. The lowest BCUT2D eigenvalue weighted by Crippen LogP contribution is -2.44. The molecule has 2 N–H and O–H groups in total. The minimum absolute atomic E-state index is 0.0797. The van der Waals surface area contributed by atoms with Crippen LogP contribution >= 0.6 is 12.2 Å². The highest BCUT2D eigenvalue weighted by Crippen LogP contribution is 2.12. The number of aryl methyl sites for hydroxylation is 1. The molecule has 0 aromatic heterocycles. The molecule has 98 valence electrons. The normalized spacial score (nSPS) is 10.9. The molecule has 0 heterocycles. The van der Waals surface area contributed by atoms with Gasteiger partial charge in [-0.25, -0.2) is 0 Å². The zero-order valence-electron chi connectivity index (χ0n) is 11.3. The van der Waals surface area contributed by atoms with Crippen molar-refractivity contribution in [3.8, 4) is 0 Å². The molecule has 0 aliphatic heterocycles. The molecule has 0 saturated heterocycles. The zero-order chi connectivity index (χ0) is 13.8. The Morgan fingerprint density at radius 1 is 1.22 bits per heavy atom. The van der Waals surface area contributed by atoms with Crippen LogP contribution in [0.5, 0.6) is 0 Å². The first-order valence-corrected chi connectivity index (χ1v) is 6.34. The number of carbonyl (C=O) groups is 1. The lowest BCUT2D eigenvalue weighted by Gasteiger charge is -2.18. The first-order valence-electron chi connectivity index (χ1n) is 5.94. The predicted molar refractivity (Wildman–Crippen MR) is 78.2 cm³/mol. The number of thiocarbonyl (C=S) groups is 1. The quantitative estimate of drug-likeness (QED) is 0.807. The summed E-state index contributed by atoms with van der Waals surface area (Å²) in [6, 6.07) is 8.18. The zero-order valence-corrected chi connectivity index (χ0v) is 12.1. The predicted octanol–water partition coefficient (Wildman–Crippen LogP) is 2.53. The van der Waals surface area contributed by atoms with Crippen molar-refractivity contribution in [3.05, 3.63) is 35.4 Å². The van der Waals surface area contributed by atoms with Gasteiger partial charge in [-0.3, -0.25) is 4.79 Å². The van der Waals surface area contributed by atoms with Crippen LogP contribution < -0.4 is 10.6 Å². The molecule has 1 aromatic carbocycles. The minimum Gasteiger partial charge on any atom is -0.358 e. The molecule has 3 nitrogen and oxygen atoms in total. The van der Waals surface area contributed by atoms with Gasteiger partial charge < -0.3 is 10.6 Å². The third-order valence-corrected chi connectivity index (χ3v) is 2.73. The summed E-state index contributed by atoms with van der Waals surface area (Å²) in [5, 5.41) is 6.07. The fourth-order valence-corrected chi connectivity index (χ4v) is 1.39. The summed E-state index contributed by atoms with van der Waals surface area (Å²) in [6.07, 6.45) is 0. The van der Waals surface area contributed by atoms with E-state index >= 15 is 0 Å². The summed E-state index contributed by atoms with van der Waals surface area (Å²) in [7, 11) is 0. The molecule has 4 heteroatoms. The first kappa shape index (κ1) is 14.6. The lowest BCUT2D eigenvalue weighted by molar-refractivity contribution is -0.126. The second-order valence-electron chi connectivity index (χ2n) is 5.37. The van der Waals surface area contributed by atoms with Gasteiger partial charge in [0.15, 0.2) is 5.11 Å². The van der Waals surface area contributed by atoms with Crippen molar-refractivity contribution in [3.63, 3.8) is 0 Å². The van der Waals surface area contributed by atoms with Gasteiger partial charge in [-0.05, 0) is 24.7 Å². The largest absolute Gasteiger partial charge is 0.358 e. The van der Waals surface area contributed by atoms with Gasteiger partial charge in [0.2, 0.25) is 5.91 Å². The molecular weight excluding hydrogens is 244 g/mol. The van der Waals surface area contributed by atoms with Gasteiger partial charge in [0.05, 0.1) is 0 Å². The minimum atomic E-state index is -0.435. The van der Waals surface area contributed by atoms with Crippen molar-refractivity contribution in [2.75, 3.05) is 0 Å². The van der Waals surface area contributed by atoms with Gasteiger partial charge in [0, 0.05) is 12.0 Å². The molecule has 0 radical (unpaired) electrons. The van der Waals surface area contributed by atoms with E-state index in [1.807, 2.05) is 52.0 Å². The highest BCUT2D eigenvalue weighted by molar-refractivity contribution is 7.80. The van der Waals surface area contributed by atoms with Crippen molar-refractivity contribution >= 4 is 23.2 Å². The lowest BCUT2D eigenvalue weighted by atomic mass is 9.96. The summed E-state index contributed by atoms with van der Waals surface area (Å²) in [5.41, 5.74) is 1.92. The van der Waals surface area contributed by atoms with E-state index in [9.17, 15) is 4.79 Å². The van der Waals surface area contributed by atoms with E-state index in [4.69, 9.17) is 12.2 Å². The molecule has 18 heavy (non-hydrogen) atoms. The van der Waals surface area contributed by atoms with Gasteiger partial charge in [-0.2, -0.15) is 0 Å². The van der Waals surface area contributed by atoms with Crippen LogP contribution in [-0.4, -0.2) is 11.0 Å².